The number of hydrogen-bond acceptors (Lipinski definition) is 2. The summed E-state index contributed by atoms with van der Waals surface area (Å²) in [5.74, 6) is -2.19. The zero-order chi connectivity index (χ0) is 14.2. The van der Waals surface area contributed by atoms with E-state index in [0.29, 0.717) is 12.1 Å². The number of carbonyl (C=O) groups excluding carboxylic acids is 1. The van der Waals surface area contributed by atoms with Crippen LogP contribution in [0.3, 0.4) is 0 Å². The van der Waals surface area contributed by atoms with Crippen LogP contribution in [0, 0.1) is 16.4 Å². The number of aromatic amines is 1. The molecule has 0 aliphatic rings. The van der Waals surface area contributed by atoms with Crippen molar-refractivity contribution in [3.05, 3.63) is 28.5 Å². The number of amides is 1. The molecule has 0 fully saturated rings. The largest absolute Gasteiger partial charge is 0.344 e. The third-order valence-electron chi connectivity index (χ3n) is 3.02. The second-order valence-corrected chi connectivity index (χ2v) is 4.57. The summed E-state index contributed by atoms with van der Waals surface area (Å²) in [7, 11) is 1.64. The molecule has 0 saturated heterocycles. The van der Waals surface area contributed by atoms with E-state index in [0.717, 1.165) is 6.07 Å². The van der Waals surface area contributed by atoms with Crippen LogP contribution in [0.15, 0.2) is 12.1 Å². The molecular formula is C12H13F2N3OS. The number of imidazole rings is 1. The van der Waals surface area contributed by atoms with E-state index in [1.54, 1.807) is 7.05 Å². The molecule has 102 valence electrons. The van der Waals surface area contributed by atoms with Crippen LogP contribution < -0.4 is 0 Å². The number of rotatable bonds is 3. The lowest BCUT2D eigenvalue weighted by Crippen LogP contribution is -2.30. The number of H-pyrrole nitrogens is 1. The molecule has 1 aromatic heterocycles. The zero-order valence-electron chi connectivity index (χ0n) is 10.5. The van der Waals surface area contributed by atoms with Gasteiger partial charge in [-0.25, -0.2) is 8.78 Å². The molecule has 1 aromatic carbocycles. The van der Waals surface area contributed by atoms with E-state index in [-0.39, 0.29) is 22.7 Å². The van der Waals surface area contributed by atoms with Crippen molar-refractivity contribution < 1.29 is 13.6 Å². The summed E-state index contributed by atoms with van der Waals surface area (Å²) in [5, 5.41) is 0. The van der Waals surface area contributed by atoms with E-state index in [9.17, 15) is 13.6 Å². The van der Waals surface area contributed by atoms with Crippen LogP contribution >= 0.6 is 12.2 Å². The van der Waals surface area contributed by atoms with E-state index in [1.807, 2.05) is 6.92 Å². The van der Waals surface area contributed by atoms with E-state index in [4.69, 9.17) is 12.2 Å². The predicted octanol–water partition coefficient (Wildman–Crippen LogP) is 2.46. The molecule has 2 aromatic rings. The number of nitrogens with zero attached hydrogens (tertiary/aromatic N) is 2. The number of aromatic nitrogens is 2. The Balaban J connectivity index is 2.54. The molecule has 0 unspecified atom stereocenters. The van der Waals surface area contributed by atoms with Crippen molar-refractivity contribution in [1.82, 2.24) is 14.5 Å². The molecule has 0 spiro atoms. The number of halogens is 2. The maximum absolute atomic E-state index is 13.8. The maximum atomic E-state index is 13.8. The average Bonchev–Trinajstić information content (AvgIpc) is 2.70. The summed E-state index contributed by atoms with van der Waals surface area (Å²) in [6, 6.07) is 2.42. The molecule has 7 heteroatoms. The molecule has 0 atom stereocenters. The highest BCUT2D eigenvalue weighted by atomic mass is 32.1. The Morgan fingerprint density at radius 2 is 2.16 bits per heavy atom. The van der Waals surface area contributed by atoms with Crippen LogP contribution in [-0.4, -0.2) is 34.0 Å². The summed E-state index contributed by atoms with van der Waals surface area (Å²) in [4.78, 5) is 16.1. The molecular weight excluding hydrogens is 272 g/mol. The van der Waals surface area contributed by atoms with Crippen LogP contribution in [0.1, 0.15) is 6.92 Å². The smallest absolute Gasteiger partial charge is 0.242 e. The molecule has 0 saturated carbocycles. The second-order valence-electron chi connectivity index (χ2n) is 4.18. The normalized spacial score (nSPS) is 10.9. The second kappa shape index (κ2) is 5.08. The first-order valence-electron chi connectivity index (χ1n) is 5.76. The van der Waals surface area contributed by atoms with Gasteiger partial charge in [0, 0.05) is 13.6 Å². The molecule has 19 heavy (non-hydrogen) atoms. The predicted molar refractivity (Wildman–Crippen MR) is 70.3 cm³/mol. The number of benzene rings is 1. The van der Waals surface area contributed by atoms with Gasteiger partial charge in [-0.3, -0.25) is 4.79 Å². The average molecular weight is 285 g/mol. The Morgan fingerprint density at radius 3 is 2.79 bits per heavy atom. The van der Waals surface area contributed by atoms with E-state index < -0.39 is 11.6 Å². The lowest BCUT2D eigenvalue weighted by Gasteiger charge is -2.15. The van der Waals surface area contributed by atoms with Crippen molar-refractivity contribution in [2.24, 2.45) is 0 Å². The van der Waals surface area contributed by atoms with Gasteiger partial charge in [-0.05, 0) is 31.3 Å². The van der Waals surface area contributed by atoms with E-state index >= 15 is 0 Å². The van der Waals surface area contributed by atoms with Crippen molar-refractivity contribution in [3.8, 4) is 0 Å². The Bertz CT molecular complexity index is 692. The summed E-state index contributed by atoms with van der Waals surface area (Å²) in [6.07, 6.45) is 0. The Hall–Kier alpha value is -1.76. The van der Waals surface area contributed by atoms with Crippen LogP contribution in [0.2, 0.25) is 0 Å². The van der Waals surface area contributed by atoms with Crippen molar-refractivity contribution >= 4 is 29.2 Å². The van der Waals surface area contributed by atoms with Gasteiger partial charge in [-0.2, -0.15) is 0 Å². The number of fused-ring (bicyclic) bond motifs is 1. The highest BCUT2D eigenvalue weighted by Gasteiger charge is 2.16. The van der Waals surface area contributed by atoms with Gasteiger partial charge < -0.3 is 14.5 Å². The fourth-order valence-electron chi connectivity index (χ4n) is 1.77. The summed E-state index contributed by atoms with van der Waals surface area (Å²) in [6.45, 7) is 2.24. The van der Waals surface area contributed by atoms with Crippen LogP contribution in [-0.2, 0) is 11.3 Å². The van der Waals surface area contributed by atoms with Crippen LogP contribution in [0.5, 0.6) is 0 Å². The minimum atomic E-state index is -1.00. The zero-order valence-corrected chi connectivity index (χ0v) is 11.4. The van der Waals surface area contributed by atoms with Crippen molar-refractivity contribution in [3.63, 3.8) is 0 Å². The van der Waals surface area contributed by atoms with E-state index in [2.05, 4.69) is 4.98 Å². The molecule has 2 rings (SSSR count). The van der Waals surface area contributed by atoms with Gasteiger partial charge in [0.1, 0.15) is 12.1 Å². The van der Waals surface area contributed by atoms with Gasteiger partial charge in [-0.1, -0.05) is 0 Å². The fraction of sp³-hybridized carbons (Fsp3) is 0.333. The monoisotopic (exact) mass is 285 g/mol. The van der Waals surface area contributed by atoms with Gasteiger partial charge >= 0.3 is 0 Å². The minimum absolute atomic E-state index is 0.0112. The molecule has 0 radical (unpaired) electrons. The Morgan fingerprint density at radius 1 is 1.47 bits per heavy atom. The topological polar surface area (TPSA) is 41.0 Å². The summed E-state index contributed by atoms with van der Waals surface area (Å²) in [5.41, 5.74) is 0.360. The van der Waals surface area contributed by atoms with Gasteiger partial charge in [0.2, 0.25) is 5.91 Å². The lowest BCUT2D eigenvalue weighted by molar-refractivity contribution is -0.130. The van der Waals surface area contributed by atoms with Crippen molar-refractivity contribution in [2.75, 3.05) is 13.6 Å². The Kier molecular flexibility index (Phi) is 3.66. The first-order valence-corrected chi connectivity index (χ1v) is 6.17. The van der Waals surface area contributed by atoms with Gasteiger partial charge in [0.05, 0.1) is 5.52 Å². The number of hydrogen-bond donors (Lipinski definition) is 1. The van der Waals surface area contributed by atoms with Crippen LogP contribution in [0.25, 0.3) is 11.0 Å². The third-order valence-corrected chi connectivity index (χ3v) is 3.34. The van der Waals surface area contributed by atoms with Crippen LogP contribution in [0.4, 0.5) is 8.78 Å². The highest BCUT2D eigenvalue weighted by molar-refractivity contribution is 7.71. The molecule has 0 aliphatic heterocycles. The molecule has 0 bridgehead atoms. The van der Waals surface area contributed by atoms with Gasteiger partial charge in [-0.15, -0.1) is 0 Å². The number of likely N-dealkylation sites (N-methyl/N-ethyl adjacent to an activating group) is 1. The van der Waals surface area contributed by atoms with Crippen molar-refractivity contribution in [2.45, 2.75) is 13.5 Å². The SMILES string of the molecule is CCN(C)C(=O)Cn1c(=S)[nH]c2ccc(F)c(F)c21. The third kappa shape index (κ3) is 2.37. The summed E-state index contributed by atoms with van der Waals surface area (Å²) < 4.78 is 28.6. The molecule has 4 nitrogen and oxygen atoms in total. The van der Waals surface area contributed by atoms with Crippen molar-refractivity contribution in [1.29, 1.82) is 0 Å². The molecule has 1 amide bonds. The highest BCUT2D eigenvalue weighted by Crippen LogP contribution is 2.20. The first kappa shape index (κ1) is 13.7. The lowest BCUT2D eigenvalue weighted by atomic mass is 10.3. The van der Waals surface area contributed by atoms with Gasteiger partial charge in [0.25, 0.3) is 0 Å². The maximum Gasteiger partial charge on any atom is 0.242 e. The first-order chi connectivity index (χ1) is 8.95. The molecule has 1 N–H and O–H groups in total. The standard InChI is InChI=1S/C12H13F2N3OS/c1-3-16(2)9(18)6-17-11-8(15-12(17)19)5-4-7(13)10(11)14/h4-5H,3,6H2,1-2H3,(H,15,19). The number of nitrogens with one attached hydrogen (secondary N) is 1. The van der Waals surface area contributed by atoms with Gasteiger partial charge in [0.15, 0.2) is 16.4 Å². The van der Waals surface area contributed by atoms with E-state index in [1.165, 1.54) is 15.5 Å². The fourth-order valence-corrected chi connectivity index (χ4v) is 2.04. The number of carbonyl (C=O) groups is 1. The minimum Gasteiger partial charge on any atom is -0.344 e. The molecule has 1 heterocycles. The summed E-state index contributed by atoms with van der Waals surface area (Å²) >= 11 is 5.04. The molecule has 0 aliphatic carbocycles. The quantitative estimate of drug-likeness (QED) is 0.880. The Labute approximate surface area is 113 Å².